The summed E-state index contributed by atoms with van der Waals surface area (Å²) in [6, 6.07) is 0. The van der Waals surface area contributed by atoms with E-state index >= 15 is 0 Å². The summed E-state index contributed by atoms with van der Waals surface area (Å²) < 4.78 is 32.7. The van der Waals surface area contributed by atoms with Crippen molar-refractivity contribution in [2.24, 2.45) is 5.73 Å². The molecule has 0 aliphatic rings. The van der Waals surface area contributed by atoms with E-state index in [1.807, 2.05) is 6.08 Å². The zero-order chi connectivity index (χ0) is 42.1. The van der Waals surface area contributed by atoms with E-state index in [0.29, 0.717) is 25.7 Å². The van der Waals surface area contributed by atoms with Gasteiger partial charge in [-0.05, 0) is 64.2 Å². The lowest BCUT2D eigenvalue weighted by atomic mass is 10.0. The third kappa shape index (κ3) is 39.6. The minimum Gasteiger partial charge on any atom is -0.462 e. The van der Waals surface area contributed by atoms with Gasteiger partial charge in [0.25, 0.3) is 0 Å². The number of aliphatic hydroxyl groups is 2. The van der Waals surface area contributed by atoms with Gasteiger partial charge >= 0.3 is 19.8 Å². The first-order valence-electron chi connectivity index (χ1n) is 23.0. The molecule has 0 aliphatic carbocycles. The van der Waals surface area contributed by atoms with Gasteiger partial charge < -0.3 is 30.3 Å². The van der Waals surface area contributed by atoms with Crippen LogP contribution in [0.5, 0.6) is 0 Å². The number of aliphatic hydroxyl groups excluding tert-OH is 2. The van der Waals surface area contributed by atoms with Crippen molar-refractivity contribution in [2.45, 2.75) is 225 Å². The number of carbonyl (C=O) groups is 2. The van der Waals surface area contributed by atoms with Crippen molar-refractivity contribution >= 4 is 19.8 Å². The van der Waals surface area contributed by atoms with E-state index in [4.69, 9.17) is 24.3 Å². The van der Waals surface area contributed by atoms with Gasteiger partial charge in [-0.2, -0.15) is 0 Å². The van der Waals surface area contributed by atoms with Crippen LogP contribution in [0.15, 0.2) is 24.3 Å². The Hall–Kier alpha value is -1.59. The van der Waals surface area contributed by atoms with Gasteiger partial charge in [0, 0.05) is 19.4 Å². The van der Waals surface area contributed by atoms with Crippen LogP contribution in [-0.2, 0) is 32.7 Å². The van der Waals surface area contributed by atoms with Gasteiger partial charge in [0.1, 0.15) is 6.61 Å². The Morgan fingerprint density at radius 2 is 1.04 bits per heavy atom. The highest BCUT2D eigenvalue weighted by atomic mass is 31.2. The zero-order valence-electron chi connectivity index (χ0n) is 36.3. The lowest BCUT2D eigenvalue weighted by Crippen LogP contribution is -2.29. The van der Waals surface area contributed by atoms with Crippen LogP contribution in [0.1, 0.15) is 206 Å². The van der Waals surface area contributed by atoms with E-state index in [1.165, 1.54) is 96.3 Å². The molecule has 0 aromatic rings. The molecule has 0 heterocycles. The number of ether oxygens (including phenoxy) is 2. The first kappa shape index (κ1) is 55.4. The Bertz CT molecular complexity index is 1030. The van der Waals surface area contributed by atoms with Gasteiger partial charge in [-0.3, -0.25) is 18.6 Å². The topological polar surface area (TPSA) is 175 Å². The fourth-order valence-corrected chi connectivity index (χ4v) is 7.18. The molecule has 0 saturated carbocycles. The summed E-state index contributed by atoms with van der Waals surface area (Å²) in [6.07, 6.45) is 36.6. The standard InChI is InChI=1S/C45H86NO10P/c1-3-5-7-9-11-12-13-14-15-16-17-18-19-20-21-22-23-27-32-36-45(50)56-41(40-55-57(51,52)54-38-37-46)39-53-44(49)35-31-28-24-26-30-34-43(48)42(47)33-29-25-10-8-6-4-2/h14-15,25,29,41-43,47-48H,3-13,16-24,26-28,30-40,46H2,1-2H3,(H,51,52)/b15-14-,29-25-/t41-,42-,43-/m1/s1. The van der Waals surface area contributed by atoms with Crippen molar-refractivity contribution < 1.29 is 47.8 Å². The van der Waals surface area contributed by atoms with Gasteiger partial charge in [-0.15, -0.1) is 0 Å². The van der Waals surface area contributed by atoms with E-state index in [1.54, 1.807) is 0 Å². The predicted molar refractivity (Wildman–Crippen MR) is 232 cm³/mol. The van der Waals surface area contributed by atoms with E-state index < -0.39 is 44.7 Å². The molecule has 0 spiro atoms. The number of hydrogen-bond donors (Lipinski definition) is 4. The van der Waals surface area contributed by atoms with Crippen LogP contribution in [0.25, 0.3) is 0 Å². The number of unbranched alkanes of at least 4 members (excludes halogenated alkanes) is 22. The summed E-state index contributed by atoms with van der Waals surface area (Å²) in [7, 11) is -4.41. The molecule has 11 nitrogen and oxygen atoms in total. The first-order chi connectivity index (χ1) is 27.6. The molecule has 4 atom stereocenters. The molecule has 0 aliphatic heterocycles. The van der Waals surface area contributed by atoms with Gasteiger partial charge in [0.05, 0.1) is 25.4 Å². The molecule has 5 N–H and O–H groups in total. The molecule has 0 bridgehead atoms. The second-order valence-electron chi connectivity index (χ2n) is 15.6. The molecular formula is C45H86NO10P. The minimum atomic E-state index is -4.41. The number of phosphoric ester groups is 1. The number of hydrogen-bond acceptors (Lipinski definition) is 10. The molecule has 57 heavy (non-hydrogen) atoms. The van der Waals surface area contributed by atoms with Gasteiger partial charge in [-0.25, -0.2) is 4.57 Å². The summed E-state index contributed by atoms with van der Waals surface area (Å²) in [4.78, 5) is 34.9. The highest BCUT2D eigenvalue weighted by Gasteiger charge is 2.26. The van der Waals surface area contributed by atoms with Crippen molar-refractivity contribution in [2.75, 3.05) is 26.4 Å². The van der Waals surface area contributed by atoms with Gasteiger partial charge in [0.2, 0.25) is 0 Å². The molecule has 0 rings (SSSR count). The Morgan fingerprint density at radius 3 is 1.60 bits per heavy atom. The molecule has 0 radical (unpaired) electrons. The highest BCUT2D eigenvalue weighted by molar-refractivity contribution is 7.47. The molecule has 0 saturated heterocycles. The summed E-state index contributed by atoms with van der Waals surface area (Å²) in [5.41, 5.74) is 5.34. The van der Waals surface area contributed by atoms with Gasteiger partial charge in [0.15, 0.2) is 6.10 Å². The van der Waals surface area contributed by atoms with Crippen molar-refractivity contribution in [3.8, 4) is 0 Å². The molecule has 0 aromatic heterocycles. The molecule has 0 amide bonds. The number of carbonyl (C=O) groups excluding carboxylic acids is 2. The predicted octanol–water partition coefficient (Wildman–Crippen LogP) is 11.1. The zero-order valence-corrected chi connectivity index (χ0v) is 37.2. The Labute approximate surface area is 347 Å². The van der Waals surface area contributed by atoms with Crippen LogP contribution in [-0.4, -0.2) is 71.7 Å². The van der Waals surface area contributed by atoms with Gasteiger partial charge in [-0.1, -0.05) is 154 Å². The van der Waals surface area contributed by atoms with Crippen molar-refractivity contribution in [3.05, 3.63) is 24.3 Å². The van der Waals surface area contributed by atoms with E-state index in [9.17, 15) is 29.3 Å². The van der Waals surface area contributed by atoms with Crippen molar-refractivity contribution in [1.82, 2.24) is 0 Å². The fraction of sp³-hybridized carbons (Fsp3) is 0.867. The second kappa shape index (κ2) is 41.2. The summed E-state index contributed by atoms with van der Waals surface area (Å²) in [5.74, 6) is -0.938. The summed E-state index contributed by atoms with van der Waals surface area (Å²) in [6.45, 7) is 3.51. The lowest BCUT2D eigenvalue weighted by molar-refractivity contribution is -0.161. The van der Waals surface area contributed by atoms with E-state index in [0.717, 1.165) is 57.8 Å². The quantitative estimate of drug-likeness (QED) is 0.0199. The normalized spacial score (nSPS) is 14.6. The van der Waals surface area contributed by atoms with E-state index in [2.05, 4.69) is 32.1 Å². The largest absolute Gasteiger partial charge is 0.472 e. The number of nitrogens with two attached hydrogens (primary N) is 1. The smallest absolute Gasteiger partial charge is 0.462 e. The Kier molecular flexibility index (Phi) is 40.0. The lowest BCUT2D eigenvalue weighted by Gasteiger charge is -2.20. The SMILES string of the molecule is CCCCC/C=C\C[C@@H](O)[C@H](O)CCCCCCCC(=O)OC[C@H](COP(=O)(O)OCCN)OC(=O)CCCCCCCCCCC/C=C\CCCCCCCC. The number of allylic oxidation sites excluding steroid dienone is 3. The maximum absolute atomic E-state index is 12.6. The second-order valence-corrected chi connectivity index (χ2v) is 17.0. The molecule has 0 fully saturated rings. The monoisotopic (exact) mass is 832 g/mol. The molecule has 336 valence electrons. The molecule has 12 heteroatoms. The Balaban J connectivity index is 4.21. The van der Waals surface area contributed by atoms with Crippen molar-refractivity contribution in [1.29, 1.82) is 0 Å². The maximum Gasteiger partial charge on any atom is 0.472 e. The average Bonchev–Trinajstić information content (AvgIpc) is 3.19. The van der Waals surface area contributed by atoms with Crippen LogP contribution in [0.4, 0.5) is 0 Å². The van der Waals surface area contributed by atoms with Crippen LogP contribution in [0.2, 0.25) is 0 Å². The third-order valence-electron chi connectivity index (χ3n) is 10.0. The number of esters is 2. The maximum atomic E-state index is 12.6. The molecule has 0 aromatic carbocycles. The fourth-order valence-electron chi connectivity index (χ4n) is 6.42. The minimum absolute atomic E-state index is 0.0311. The van der Waals surface area contributed by atoms with Crippen LogP contribution < -0.4 is 5.73 Å². The average molecular weight is 832 g/mol. The highest BCUT2D eigenvalue weighted by Crippen LogP contribution is 2.43. The van der Waals surface area contributed by atoms with Crippen molar-refractivity contribution in [3.63, 3.8) is 0 Å². The molecular weight excluding hydrogens is 745 g/mol. The summed E-state index contributed by atoms with van der Waals surface area (Å²) >= 11 is 0. The Morgan fingerprint density at radius 1 is 0.579 bits per heavy atom. The molecule has 1 unspecified atom stereocenters. The van der Waals surface area contributed by atoms with Crippen LogP contribution >= 0.6 is 7.82 Å². The van der Waals surface area contributed by atoms with E-state index in [-0.39, 0.29) is 32.6 Å². The van der Waals surface area contributed by atoms with Crippen LogP contribution in [0, 0.1) is 0 Å². The third-order valence-corrected chi connectivity index (χ3v) is 11.0. The number of rotatable bonds is 43. The van der Waals surface area contributed by atoms with Crippen LogP contribution in [0.3, 0.4) is 0 Å². The number of phosphoric acid groups is 1. The summed E-state index contributed by atoms with van der Waals surface area (Å²) in [5, 5.41) is 20.4. The first-order valence-corrected chi connectivity index (χ1v) is 24.5.